The molecule has 17 heteroatoms. The molecule has 3 aliphatic heterocycles. The second kappa shape index (κ2) is 28.8. The normalized spacial score (nSPS) is 26.4. The summed E-state index contributed by atoms with van der Waals surface area (Å²) in [5.74, 6) is -1.14. The number of rotatable bonds is 24. The first-order valence-electron chi connectivity index (χ1n) is 25.2. The van der Waals surface area contributed by atoms with Gasteiger partial charge in [0.1, 0.15) is 17.6 Å². The number of fused-ring (bicyclic) bond motifs is 1. The van der Waals surface area contributed by atoms with Crippen LogP contribution in [-0.2, 0) is 57.1 Å². The summed E-state index contributed by atoms with van der Waals surface area (Å²) in [6, 6.07) is 5.25. The highest BCUT2D eigenvalue weighted by Crippen LogP contribution is 2.59. The van der Waals surface area contributed by atoms with Gasteiger partial charge < -0.3 is 42.6 Å². The molecule has 380 valence electrons. The Morgan fingerprint density at radius 1 is 0.652 bits per heavy atom. The molecule has 0 spiro atoms. The van der Waals surface area contributed by atoms with Crippen LogP contribution in [0.2, 0.25) is 0 Å². The molecular weight excluding hydrogens is 927 g/mol. The zero-order valence-electron chi connectivity index (χ0n) is 40.4. The molecule has 2 saturated carbocycles. The lowest BCUT2D eigenvalue weighted by Crippen LogP contribution is -2.39. The van der Waals surface area contributed by atoms with Crippen molar-refractivity contribution in [3.63, 3.8) is 0 Å². The first-order valence-corrected chi connectivity index (χ1v) is 26.9. The van der Waals surface area contributed by atoms with Crippen LogP contribution in [-0.4, -0.2) is 88.7 Å². The predicted molar refractivity (Wildman–Crippen MR) is 257 cm³/mol. The van der Waals surface area contributed by atoms with Gasteiger partial charge in [-0.15, -0.1) is 0 Å². The van der Waals surface area contributed by atoms with Crippen LogP contribution in [0.5, 0.6) is 11.5 Å². The first kappa shape index (κ1) is 54.4. The van der Waals surface area contributed by atoms with Gasteiger partial charge in [0.15, 0.2) is 18.2 Å². The Kier molecular flexibility index (Phi) is 22.7. The summed E-state index contributed by atoms with van der Waals surface area (Å²) in [5, 5.41) is 10.1. The number of nitrogens with zero attached hydrogens (tertiary/aromatic N) is 1. The van der Waals surface area contributed by atoms with Crippen molar-refractivity contribution in [2.45, 2.75) is 158 Å². The number of hydrogen-bond donors (Lipinski definition) is 0. The molecule has 0 amide bonds. The van der Waals surface area contributed by atoms with E-state index in [2.05, 4.69) is 6.58 Å². The van der Waals surface area contributed by atoms with Gasteiger partial charge in [-0.2, -0.15) is 5.26 Å². The quantitative estimate of drug-likeness (QED) is 0.0237. The Labute approximate surface area is 415 Å². The van der Waals surface area contributed by atoms with Crippen molar-refractivity contribution < 1.29 is 66.6 Å². The van der Waals surface area contributed by atoms with Crippen LogP contribution in [0.25, 0.3) is 0 Å². The lowest BCUT2D eigenvalue weighted by Gasteiger charge is -2.37. The smallest absolute Gasteiger partial charge is 0.350 e. The van der Waals surface area contributed by atoms with Gasteiger partial charge in [0.05, 0.1) is 72.1 Å². The van der Waals surface area contributed by atoms with E-state index in [0.29, 0.717) is 97.6 Å². The molecule has 1 aromatic carbocycles. The molecule has 0 N–H and O–H groups in total. The van der Waals surface area contributed by atoms with Gasteiger partial charge in [-0.3, -0.25) is 14.4 Å². The fraction of sp³-hybridized carbons (Fsp3) is 0.692. The number of esters is 5. The van der Waals surface area contributed by atoms with Gasteiger partial charge in [0.25, 0.3) is 0 Å². The van der Waals surface area contributed by atoms with Crippen molar-refractivity contribution in [2.24, 2.45) is 35.5 Å². The number of ether oxygens (including phenoxy) is 9. The second-order valence-electron chi connectivity index (χ2n) is 18.8. The van der Waals surface area contributed by atoms with E-state index in [9.17, 15) is 29.2 Å². The highest BCUT2D eigenvalue weighted by molar-refractivity contribution is 8.24. The summed E-state index contributed by atoms with van der Waals surface area (Å²) in [5.41, 5.74) is -0.161. The van der Waals surface area contributed by atoms with Gasteiger partial charge >= 0.3 is 29.8 Å². The number of carbonyl (C=O) groups excluding carboxylic acids is 5. The highest BCUT2D eigenvalue weighted by Gasteiger charge is 2.39. The number of nitriles is 1. The summed E-state index contributed by atoms with van der Waals surface area (Å²) in [6.45, 7) is 10.4. The predicted octanol–water partition coefficient (Wildman–Crippen LogP) is 10.2. The van der Waals surface area contributed by atoms with Crippen LogP contribution in [0.1, 0.15) is 136 Å². The number of benzene rings is 1. The molecule has 1 aromatic rings. The van der Waals surface area contributed by atoms with Crippen LogP contribution in [0.15, 0.2) is 44.4 Å². The minimum atomic E-state index is -0.738. The molecule has 0 radical (unpaired) electrons. The molecule has 6 rings (SSSR count). The number of thioether (sulfide) groups is 2. The fourth-order valence-corrected chi connectivity index (χ4v) is 12.0. The third kappa shape index (κ3) is 16.8. The first-order chi connectivity index (χ1) is 33.6. The fourth-order valence-electron chi connectivity index (χ4n) is 9.49. The van der Waals surface area contributed by atoms with Gasteiger partial charge in [0.2, 0.25) is 0 Å². The van der Waals surface area contributed by atoms with Crippen molar-refractivity contribution in [2.75, 3.05) is 46.2 Å². The average molecular weight is 998 g/mol. The van der Waals surface area contributed by atoms with E-state index in [4.69, 9.17) is 42.6 Å². The zero-order chi connectivity index (χ0) is 49.0. The van der Waals surface area contributed by atoms with Gasteiger partial charge in [-0.05, 0) is 95.6 Å². The van der Waals surface area contributed by atoms with Crippen LogP contribution in [0, 0.1) is 46.8 Å². The van der Waals surface area contributed by atoms with Crippen LogP contribution >= 0.6 is 23.5 Å². The second-order valence-corrected chi connectivity index (χ2v) is 21.1. The Bertz CT molecular complexity index is 1950. The minimum absolute atomic E-state index is 0.161. The van der Waals surface area contributed by atoms with E-state index in [1.54, 1.807) is 12.1 Å². The van der Waals surface area contributed by atoms with Crippen molar-refractivity contribution in [3.8, 4) is 17.6 Å². The van der Waals surface area contributed by atoms with E-state index < -0.39 is 5.97 Å². The summed E-state index contributed by atoms with van der Waals surface area (Å²) < 4.78 is 52.7. The lowest BCUT2D eigenvalue weighted by molar-refractivity contribution is -0.230. The maximum absolute atomic E-state index is 13.8. The molecule has 0 unspecified atom stereocenters. The van der Waals surface area contributed by atoms with E-state index >= 15 is 0 Å². The summed E-state index contributed by atoms with van der Waals surface area (Å²) in [6.07, 6.45) is 16.7. The van der Waals surface area contributed by atoms with Crippen molar-refractivity contribution in [1.82, 2.24) is 0 Å². The largest absolute Gasteiger partial charge is 0.466 e. The van der Waals surface area contributed by atoms with Crippen LogP contribution < -0.4 is 9.47 Å². The molecule has 0 aromatic heterocycles. The SMILES string of the molecule is C=CC(=O)OCCCCCCC1COC(C2CCC(C(=O)Oc3ccc(OC(=O)C4CCC(C5OCC(CCCCCCOC(C)=O)CO5)CC4)c4c3S/C(=C(\C#N)C(=O)OCCC)S4)CC2)OC1. The Balaban J connectivity index is 0.968. The molecule has 0 bridgehead atoms. The molecule has 2 aliphatic carbocycles. The molecular formula is C52H71NO14S2. The molecule has 5 aliphatic rings. The maximum Gasteiger partial charge on any atom is 0.350 e. The Hall–Kier alpha value is -3.92. The minimum Gasteiger partial charge on any atom is -0.466 e. The van der Waals surface area contributed by atoms with Gasteiger partial charge in [-0.25, -0.2) is 9.59 Å². The highest BCUT2D eigenvalue weighted by atomic mass is 32.2. The van der Waals surface area contributed by atoms with E-state index in [1.807, 2.05) is 13.0 Å². The van der Waals surface area contributed by atoms with Crippen LogP contribution in [0.3, 0.4) is 0 Å². The molecule has 15 nitrogen and oxygen atoms in total. The standard InChI is InChI=1S/C52H71NO14S2/c1-4-26-61-49(58)41(29-53)52-68-45-42(66-47(56)37-16-20-39(21-17-37)50-62-30-35(31-63-50)14-10-6-8-12-27-59-34(3)54)24-25-43(46(45)69-52)67-48(57)38-18-22-40(23-19-38)51-64-32-36(33-65-51)15-11-7-9-13-28-60-44(55)5-2/h5,24-25,35-40,50-51H,2,4,6-23,26-28,30-33H2,1,3H3/b52-41+. The van der Waals surface area contributed by atoms with Gasteiger partial charge in [-0.1, -0.05) is 75.6 Å². The molecule has 2 saturated heterocycles. The summed E-state index contributed by atoms with van der Waals surface area (Å²) >= 11 is 2.27. The van der Waals surface area contributed by atoms with E-state index in [1.165, 1.54) is 13.0 Å². The number of carbonyl (C=O) groups is 5. The molecule has 3 heterocycles. The molecule has 4 fully saturated rings. The van der Waals surface area contributed by atoms with Gasteiger partial charge in [0, 0.05) is 36.7 Å². The van der Waals surface area contributed by atoms with E-state index in [-0.39, 0.29) is 83.8 Å². The van der Waals surface area contributed by atoms with Crippen molar-refractivity contribution in [3.05, 3.63) is 34.6 Å². The number of hydrogen-bond acceptors (Lipinski definition) is 17. The third-order valence-corrected chi connectivity index (χ3v) is 16.1. The topological polar surface area (TPSA) is 192 Å². The van der Waals surface area contributed by atoms with Crippen molar-refractivity contribution >= 4 is 53.4 Å². The average Bonchev–Trinajstić information content (AvgIpc) is 3.82. The lowest BCUT2D eigenvalue weighted by atomic mass is 9.81. The summed E-state index contributed by atoms with van der Waals surface area (Å²) in [7, 11) is 0. The molecule has 0 atom stereocenters. The summed E-state index contributed by atoms with van der Waals surface area (Å²) in [4.78, 5) is 63.6. The van der Waals surface area contributed by atoms with Crippen molar-refractivity contribution in [1.29, 1.82) is 5.26 Å². The monoisotopic (exact) mass is 997 g/mol. The van der Waals surface area contributed by atoms with Crippen LogP contribution in [0.4, 0.5) is 0 Å². The van der Waals surface area contributed by atoms with E-state index in [0.717, 1.165) is 113 Å². The Morgan fingerprint density at radius 2 is 1.10 bits per heavy atom. The molecule has 69 heavy (non-hydrogen) atoms. The maximum atomic E-state index is 13.8. The Morgan fingerprint density at radius 3 is 1.52 bits per heavy atom. The third-order valence-electron chi connectivity index (χ3n) is 13.5. The zero-order valence-corrected chi connectivity index (χ0v) is 42.1. The number of unbranched alkanes of at least 4 members (excludes halogenated alkanes) is 6.